The highest BCUT2D eigenvalue weighted by Gasteiger charge is 2.37. The number of carbonyl (C=O) groups is 4. The number of benzene rings is 1. The van der Waals surface area contributed by atoms with Crippen molar-refractivity contribution in [3.63, 3.8) is 0 Å². The third-order valence-corrected chi connectivity index (χ3v) is 7.84. The van der Waals surface area contributed by atoms with Gasteiger partial charge in [-0.1, -0.05) is 62.1 Å². The predicted molar refractivity (Wildman–Crippen MR) is 158 cm³/mol. The van der Waals surface area contributed by atoms with Crippen molar-refractivity contribution in [3.8, 4) is 0 Å². The summed E-state index contributed by atoms with van der Waals surface area (Å²) in [7, 11) is 0. The first-order valence-electron chi connectivity index (χ1n) is 14.9. The van der Waals surface area contributed by atoms with Gasteiger partial charge < -0.3 is 35.4 Å². The molecule has 0 radical (unpaired) electrons. The highest BCUT2D eigenvalue weighted by Crippen LogP contribution is 2.28. The van der Waals surface area contributed by atoms with E-state index in [1.54, 1.807) is 11.1 Å². The summed E-state index contributed by atoms with van der Waals surface area (Å²) in [6.07, 6.45) is 6.81. The number of carboxylic acid groups (broad SMARTS) is 1. The minimum absolute atomic E-state index is 0.131. The van der Waals surface area contributed by atoms with Crippen LogP contribution in [0.15, 0.2) is 54.7 Å². The largest absolute Gasteiger partial charge is 0.480 e. The molecule has 2 heterocycles. The molecule has 4 rings (SSSR count). The topological polar surface area (TPSA) is 159 Å². The first-order chi connectivity index (χ1) is 20.9. The van der Waals surface area contributed by atoms with Crippen LogP contribution in [0.2, 0.25) is 0 Å². The third kappa shape index (κ3) is 10.5. The summed E-state index contributed by atoms with van der Waals surface area (Å²) in [5.74, 6) is -0.879. The molecule has 0 bridgehead atoms. The number of carbonyl (C=O) groups excluding carboxylic acids is 3. The van der Waals surface area contributed by atoms with Crippen molar-refractivity contribution in [2.45, 2.75) is 69.7 Å². The van der Waals surface area contributed by atoms with Crippen LogP contribution in [0.3, 0.4) is 0 Å². The smallest absolute Gasteiger partial charge is 0.410 e. The fourth-order valence-electron chi connectivity index (χ4n) is 5.46. The third-order valence-electron chi connectivity index (χ3n) is 7.84. The van der Waals surface area contributed by atoms with Crippen LogP contribution in [0.1, 0.15) is 50.5 Å². The van der Waals surface area contributed by atoms with E-state index >= 15 is 0 Å². The van der Waals surface area contributed by atoms with E-state index in [0.717, 1.165) is 24.8 Å². The molecule has 4 N–H and O–H groups in total. The summed E-state index contributed by atoms with van der Waals surface area (Å²) in [6.45, 7) is 0.187. The van der Waals surface area contributed by atoms with Gasteiger partial charge in [-0.15, -0.1) is 0 Å². The normalized spacial score (nSPS) is 19.0. The molecule has 1 aromatic heterocycles. The summed E-state index contributed by atoms with van der Waals surface area (Å²) in [4.78, 5) is 55.3. The summed E-state index contributed by atoms with van der Waals surface area (Å²) in [6, 6.07) is 13.4. The Morgan fingerprint density at radius 2 is 1.79 bits per heavy atom. The van der Waals surface area contributed by atoms with Crippen molar-refractivity contribution in [3.05, 3.63) is 60.3 Å². The Kier molecular flexibility index (Phi) is 12.1. The molecule has 12 nitrogen and oxygen atoms in total. The minimum atomic E-state index is -1.23. The number of rotatable bonds is 15. The van der Waals surface area contributed by atoms with E-state index in [1.165, 1.54) is 12.8 Å². The van der Waals surface area contributed by atoms with Gasteiger partial charge in [0.2, 0.25) is 11.8 Å². The fraction of sp³-hybridized carbons (Fsp3) is 0.516. The van der Waals surface area contributed by atoms with Crippen LogP contribution in [0.4, 0.5) is 10.6 Å². The van der Waals surface area contributed by atoms with Gasteiger partial charge in [0.15, 0.2) is 0 Å². The number of aliphatic carboxylic acids is 1. The quantitative estimate of drug-likeness (QED) is 0.243. The zero-order chi connectivity index (χ0) is 30.4. The molecule has 0 unspecified atom stereocenters. The van der Waals surface area contributed by atoms with Crippen LogP contribution in [0, 0.1) is 5.92 Å². The number of likely N-dealkylation sites (tertiary alicyclic amines) is 1. The minimum Gasteiger partial charge on any atom is -0.480 e. The average Bonchev–Trinajstić information content (AvgIpc) is 3.70. The number of nitrogens with one attached hydrogen (secondary N) is 3. The molecule has 43 heavy (non-hydrogen) atoms. The monoisotopic (exact) mass is 595 g/mol. The molecule has 2 aromatic rings. The number of carboxylic acids is 1. The first kappa shape index (κ1) is 31.7. The summed E-state index contributed by atoms with van der Waals surface area (Å²) in [5, 5.41) is 17.8. The van der Waals surface area contributed by atoms with Crippen molar-refractivity contribution < 1.29 is 33.8 Å². The van der Waals surface area contributed by atoms with Gasteiger partial charge in [0, 0.05) is 25.7 Å². The number of hydrogen-bond acceptors (Lipinski definition) is 8. The number of nitrogens with zero attached hydrogens (tertiary/aromatic N) is 2. The van der Waals surface area contributed by atoms with Gasteiger partial charge in [-0.05, 0) is 36.5 Å². The molecule has 1 aliphatic heterocycles. The molecule has 3 amide bonds. The molecular weight excluding hydrogens is 554 g/mol. The Balaban J connectivity index is 1.23. The van der Waals surface area contributed by atoms with Gasteiger partial charge in [0.25, 0.3) is 0 Å². The van der Waals surface area contributed by atoms with E-state index in [4.69, 9.17) is 9.47 Å². The molecule has 1 saturated heterocycles. The molecule has 0 spiro atoms. The van der Waals surface area contributed by atoms with Gasteiger partial charge in [-0.25, -0.2) is 14.6 Å². The number of ether oxygens (including phenoxy) is 2. The molecule has 1 aliphatic carbocycles. The summed E-state index contributed by atoms with van der Waals surface area (Å²) < 4.78 is 11.4. The van der Waals surface area contributed by atoms with Gasteiger partial charge in [-0.2, -0.15) is 0 Å². The Morgan fingerprint density at radius 3 is 2.51 bits per heavy atom. The zero-order valence-electron chi connectivity index (χ0n) is 24.3. The molecule has 2 fully saturated rings. The Bertz CT molecular complexity index is 1190. The summed E-state index contributed by atoms with van der Waals surface area (Å²) >= 11 is 0. The zero-order valence-corrected chi connectivity index (χ0v) is 24.3. The van der Waals surface area contributed by atoms with Crippen molar-refractivity contribution in [2.75, 3.05) is 31.6 Å². The molecule has 232 valence electrons. The Morgan fingerprint density at radius 1 is 1.02 bits per heavy atom. The number of pyridine rings is 1. The van der Waals surface area contributed by atoms with Crippen LogP contribution in [-0.2, 0) is 30.5 Å². The van der Waals surface area contributed by atoms with E-state index in [1.807, 2.05) is 48.5 Å². The Hall–Kier alpha value is -4.19. The van der Waals surface area contributed by atoms with Crippen molar-refractivity contribution >= 4 is 29.7 Å². The van der Waals surface area contributed by atoms with Crippen LogP contribution < -0.4 is 16.0 Å². The lowest BCUT2D eigenvalue weighted by atomic mass is 10.0. The van der Waals surface area contributed by atoms with E-state index < -0.39 is 30.1 Å². The van der Waals surface area contributed by atoms with E-state index in [-0.39, 0.29) is 44.7 Å². The lowest BCUT2D eigenvalue weighted by molar-refractivity contribution is -0.142. The van der Waals surface area contributed by atoms with Crippen molar-refractivity contribution in [1.82, 2.24) is 20.5 Å². The second kappa shape index (κ2) is 16.4. The Labute approximate surface area is 251 Å². The standard InChI is InChI=1S/C31H41N5O7/c37-28(14-13-22-8-4-5-9-22)35-26(30(39)40)18-34-29(38)21-42-25-16-24(17-33-27-12-6-7-15-32-27)36(19-25)31(41)43-20-23-10-2-1-3-11-23/h1-3,6-7,10-12,15,22,24-26H,4-5,8-9,13-14,16-21H2,(H,32,33)(H,34,38)(H,35,37)(H,39,40)/t24-,25+,26-/m0/s1. The average molecular weight is 596 g/mol. The molecule has 3 atom stereocenters. The van der Waals surface area contributed by atoms with Crippen LogP contribution in [0.5, 0.6) is 0 Å². The number of amides is 3. The van der Waals surface area contributed by atoms with Crippen molar-refractivity contribution in [1.29, 1.82) is 0 Å². The highest BCUT2D eigenvalue weighted by atomic mass is 16.6. The molecule has 12 heteroatoms. The number of anilines is 1. The maximum atomic E-state index is 13.0. The van der Waals surface area contributed by atoms with Gasteiger partial charge in [0.1, 0.15) is 25.1 Å². The lowest BCUT2D eigenvalue weighted by Gasteiger charge is -2.24. The fourth-order valence-corrected chi connectivity index (χ4v) is 5.46. The second-order valence-electron chi connectivity index (χ2n) is 11.1. The molecule has 1 saturated carbocycles. The van der Waals surface area contributed by atoms with Crippen LogP contribution in [0.25, 0.3) is 0 Å². The van der Waals surface area contributed by atoms with E-state index in [2.05, 4.69) is 20.9 Å². The predicted octanol–water partition coefficient (Wildman–Crippen LogP) is 2.95. The highest BCUT2D eigenvalue weighted by molar-refractivity contribution is 5.84. The number of hydrogen-bond donors (Lipinski definition) is 4. The second-order valence-corrected chi connectivity index (χ2v) is 11.1. The van der Waals surface area contributed by atoms with Crippen molar-refractivity contribution in [2.24, 2.45) is 5.92 Å². The van der Waals surface area contributed by atoms with Crippen LogP contribution in [-0.4, -0.2) is 83.3 Å². The maximum Gasteiger partial charge on any atom is 0.410 e. The van der Waals surface area contributed by atoms with Gasteiger partial charge in [0.05, 0.1) is 18.7 Å². The van der Waals surface area contributed by atoms with Crippen LogP contribution >= 0.6 is 0 Å². The van der Waals surface area contributed by atoms with Gasteiger partial charge in [-0.3, -0.25) is 9.59 Å². The molecular formula is C31H41N5O7. The molecule has 2 aliphatic rings. The van der Waals surface area contributed by atoms with E-state index in [0.29, 0.717) is 24.7 Å². The number of aromatic nitrogens is 1. The SMILES string of the molecule is O=C(CO[C@@H]1C[C@@H](CNc2ccccn2)N(C(=O)OCc2ccccc2)C1)NC[C@H](NC(=O)CCC1CCCC1)C(=O)O. The lowest BCUT2D eigenvalue weighted by Crippen LogP contribution is -2.49. The molecule has 1 aromatic carbocycles. The summed E-state index contributed by atoms with van der Waals surface area (Å²) in [5.41, 5.74) is 0.868. The van der Waals surface area contributed by atoms with Gasteiger partial charge >= 0.3 is 12.1 Å². The maximum absolute atomic E-state index is 13.0. The first-order valence-corrected chi connectivity index (χ1v) is 14.9. The van der Waals surface area contributed by atoms with E-state index in [9.17, 15) is 24.3 Å².